The summed E-state index contributed by atoms with van der Waals surface area (Å²) in [6.45, 7) is 13.0. The van der Waals surface area contributed by atoms with Gasteiger partial charge < -0.3 is 19.6 Å². The van der Waals surface area contributed by atoms with Crippen LogP contribution in [0.5, 0.6) is 5.75 Å². The fourth-order valence-corrected chi connectivity index (χ4v) is 4.90. The largest absolute Gasteiger partial charge is 0.503 e. The Hall–Kier alpha value is -2.71. The van der Waals surface area contributed by atoms with Crippen molar-refractivity contribution in [3.8, 4) is 5.75 Å². The second kappa shape index (κ2) is 10.3. The van der Waals surface area contributed by atoms with Gasteiger partial charge in [0.1, 0.15) is 5.75 Å². The normalized spacial score (nSPS) is 16.4. The SMILES string of the molecule is CCOc1ccc([C@@H]2C(C(=O)c3sc(C)nc3C)=C(O)C(=O)N2CCN(CC)CC)cc1. The van der Waals surface area contributed by atoms with Crippen LogP contribution in [0.2, 0.25) is 0 Å². The number of likely N-dealkylation sites (N-methyl/N-ethyl adjacent to an activating group) is 1. The lowest BCUT2D eigenvalue weighted by atomic mass is 9.95. The van der Waals surface area contributed by atoms with Crippen molar-refractivity contribution < 1.29 is 19.4 Å². The van der Waals surface area contributed by atoms with Crippen LogP contribution in [-0.4, -0.2) is 64.4 Å². The molecule has 0 saturated carbocycles. The number of aromatic nitrogens is 1. The molecular weight excluding hydrogens is 426 g/mol. The summed E-state index contributed by atoms with van der Waals surface area (Å²) in [7, 11) is 0. The molecule has 1 atom stereocenters. The molecule has 2 aromatic rings. The van der Waals surface area contributed by atoms with Gasteiger partial charge >= 0.3 is 0 Å². The second-order valence-corrected chi connectivity index (χ2v) is 8.87. The van der Waals surface area contributed by atoms with Gasteiger partial charge in [-0.25, -0.2) is 4.98 Å². The van der Waals surface area contributed by atoms with Gasteiger partial charge in [-0.1, -0.05) is 26.0 Å². The smallest absolute Gasteiger partial charge is 0.290 e. The van der Waals surface area contributed by atoms with E-state index in [2.05, 4.69) is 23.7 Å². The molecule has 1 aromatic carbocycles. The van der Waals surface area contributed by atoms with Gasteiger partial charge in [-0.3, -0.25) is 9.59 Å². The van der Waals surface area contributed by atoms with Gasteiger partial charge in [-0.05, 0) is 51.6 Å². The predicted octanol–water partition coefficient (Wildman–Crippen LogP) is 4.08. The summed E-state index contributed by atoms with van der Waals surface area (Å²) in [4.78, 5) is 35.2. The van der Waals surface area contributed by atoms with Crippen molar-refractivity contribution in [1.29, 1.82) is 0 Å². The summed E-state index contributed by atoms with van der Waals surface area (Å²) in [5, 5.41) is 11.6. The number of aliphatic hydroxyl groups is 1. The summed E-state index contributed by atoms with van der Waals surface area (Å²) in [5.41, 5.74) is 1.48. The average molecular weight is 458 g/mol. The van der Waals surface area contributed by atoms with Gasteiger partial charge in [0.15, 0.2) is 5.76 Å². The van der Waals surface area contributed by atoms with Crippen LogP contribution in [0.15, 0.2) is 35.6 Å². The van der Waals surface area contributed by atoms with Crippen LogP contribution < -0.4 is 4.74 Å². The van der Waals surface area contributed by atoms with Crippen molar-refractivity contribution in [2.45, 2.75) is 40.7 Å². The van der Waals surface area contributed by atoms with Crippen LogP contribution >= 0.6 is 11.3 Å². The molecule has 0 unspecified atom stereocenters. The Morgan fingerprint density at radius 1 is 1.19 bits per heavy atom. The highest BCUT2D eigenvalue weighted by molar-refractivity contribution is 7.14. The number of rotatable bonds is 10. The van der Waals surface area contributed by atoms with Gasteiger partial charge in [-0.15, -0.1) is 11.3 Å². The van der Waals surface area contributed by atoms with E-state index in [-0.39, 0.29) is 11.4 Å². The number of ether oxygens (including phenoxy) is 1. The summed E-state index contributed by atoms with van der Waals surface area (Å²) in [5.74, 6) is -0.620. The number of nitrogens with zero attached hydrogens (tertiary/aromatic N) is 3. The lowest BCUT2D eigenvalue weighted by molar-refractivity contribution is -0.129. The van der Waals surface area contributed by atoms with E-state index in [0.29, 0.717) is 36.0 Å². The highest BCUT2D eigenvalue weighted by atomic mass is 32.1. The number of carbonyl (C=O) groups excluding carboxylic acids is 2. The number of benzene rings is 1. The van der Waals surface area contributed by atoms with Crippen LogP contribution in [0.25, 0.3) is 0 Å². The van der Waals surface area contributed by atoms with Gasteiger partial charge in [0, 0.05) is 13.1 Å². The van der Waals surface area contributed by atoms with E-state index in [1.807, 2.05) is 38.1 Å². The van der Waals surface area contributed by atoms with E-state index in [1.165, 1.54) is 11.3 Å². The molecule has 1 N–H and O–H groups in total. The van der Waals surface area contributed by atoms with Crippen LogP contribution in [-0.2, 0) is 4.79 Å². The number of aryl methyl sites for hydroxylation is 2. The van der Waals surface area contributed by atoms with Gasteiger partial charge in [0.05, 0.1) is 33.8 Å². The third-order valence-electron chi connectivity index (χ3n) is 5.72. The molecular formula is C24H31N3O4S. The summed E-state index contributed by atoms with van der Waals surface area (Å²) in [6, 6.07) is 6.69. The third kappa shape index (κ3) is 4.71. The summed E-state index contributed by atoms with van der Waals surface area (Å²) < 4.78 is 5.54. The van der Waals surface area contributed by atoms with Gasteiger partial charge in [0.25, 0.3) is 5.91 Å². The number of ketones is 1. The van der Waals surface area contributed by atoms with E-state index in [0.717, 1.165) is 23.7 Å². The second-order valence-electron chi connectivity index (χ2n) is 7.67. The molecule has 1 aliphatic heterocycles. The van der Waals surface area contributed by atoms with Gasteiger partial charge in [-0.2, -0.15) is 0 Å². The molecule has 7 nitrogen and oxygen atoms in total. The van der Waals surface area contributed by atoms with E-state index in [4.69, 9.17) is 4.74 Å². The topological polar surface area (TPSA) is 83.0 Å². The van der Waals surface area contributed by atoms with Crippen molar-refractivity contribution >= 4 is 23.0 Å². The number of amides is 1. The number of aliphatic hydroxyl groups excluding tert-OH is 1. The van der Waals surface area contributed by atoms with Crippen molar-refractivity contribution in [3.05, 3.63) is 56.7 Å². The van der Waals surface area contributed by atoms with E-state index in [1.54, 1.807) is 11.8 Å². The first kappa shape index (κ1) is 23.9. The zero-order valence-corrected chi connectivity index (χ0v) is 20.2. The molecule has 1 aliphatic rings. The summed E-state index contributed by atoms with van der Waals surface area (Å²) >= 11 is 1.28. The number of hydrogen-bond acceptors (Lipinski definition) is 7. The van der Waals surface area contributed by atoms with Crippen molar-refractivity contribution in [3.63, 3.8) is 0 Å². The average Bonchev–Trinajstić information content (AvgIpc) is 3.25. The Morgan fingerprint density at radius 2 is 1.84 bits per heavy atom. The molecule has 1 aromatic heterocycles. The Kier molecular flexibility index (Phi) is 7.69. The van der Waals surface area contributed by atoms with Crippen molar-refractivity contribution in [1.82, 2.24) is 14.8 Å². The lowest BCUT2D eigenvalue weighted by Crippen LogP contribution is -2.38. The minimum Gasteiger partial charge on any atom is -0.503 e. The monoisotopic (exact) mass is 457 g/mol. The molecule has 0 saturated heterocycles. The Bertz CT molecular complexity index is 1010. The quantitative estimate of drug-likeness (QED) is 0.542. The molecule has 0 fully saturated rings. The first-order valence-corrected chi connectivity index (χ1v) is 11.8. The van der Waals surface area contributed by atoms with E-state index >= 15 is 0 Å². The van der Waals surface area contributed by atoms with Crippen LogP contribution in [0.1, 0.15) is 52.7 Å². The fraction of sp³-hybridized carbons (Fsp3) is 0.458. The minimum absolute atomic E-state index is 0.116. The Balaban J connectivity index is 2.03. The van der Waals surface area contributed by atoms with Crippen LogP contribution in [0.4, 0.5) is 0 Å². The fourth-order valence-electron chi connectivity index (χ4n) is 4.03. The molecule has 0 aliphatic carbocycles. The molecule has 0 bridgehead atoms. The van der Waals surface area contributed by atoms with Crippen LogP contribution in [0.3, 0.4) is 0 Å². The van der Waals surface area contributed by atoms with E-state index < -0.39 is 17.7 Å². The first-order chi connectivity index (χ1) is 15.3. The molecule has 32 heavy (non-hydrogen) atoms. The maximum absolute atomic E-state index is 13.5. The standard InChI is InChI=1S/C24H31N3O4S/c1-6-26(7-2)13-14-27-20(17-9-11-18(12-10-17)31-8-3)19(22(29)24(27)30)21(28)23-15(4)25-16(5)32-23/h9-12,20,29H,6-8,13-14H2,1-5H3/t20-/m1/s1. The molecule has 1 amide bonds. The van der Waals surface area contributed by atoms with Crippen molar-refractivity contribution in [2.24, 2.45) is 0 Å². The number of carbonyl (C=O) groups is 2. The molecule has 3 rings (SSSR count). The maximum atomic E-state index is 13.5. The lowest BCUT2D eigenvalue weighted by Gasteiger charge is -2.29. The number of Topliss-reactive ketones (excluding diaryl/α,β-unsaturated/α-hetero) is 1. The predicted molar refractivity (Wildman–Crippen MR) is 125 cm³/mol. The highest BCUT2D eigenvalue weighted by Crippen LogP contribution is 2.40. The van der Waals surface area contributed by atoms with Crippen LogP contribution in [0, 0.1) is 13.8 Å². The Morgan fingerprint density at radius 3 is 2.38 bits per heavy atom. The van der Waals surface area contributed by atoms with Gasteiger partial charge in [0.2, 0.25) is 5.78 Å². The van der Waals surface area contributed by atoms with E-state index in [9.17, 15) is 14.7 Å². The molecule has 172 valence electrons. The zero-order valence-electron chi connectivity index (χ0n) is 19.3. The minimum atomic E-state index is -0.664. The zero-order chi connectivity index (χ0) is 23.4. The molecule has 0 radical (unpaired) electrons. The molecule has 2 heterocycles. The van der Waals surface area contributed by atoms with Crippen molar-refractivity contribution in [2.75, 3.05) is 32.8 Å². The molecule has 0 spiro atoms. The number of hydrogen-bond donors (Lipinski definition) is 1. The first-order valence-electron chi connectivity index (χ1n) is 11.0. The molecule has 8 heteroatoms. The highest BCUT2D eigenvalue weighted by Gasteiger charge is 2.44. The third-order valence-corrected chi connectivity index (χ3v) is 6.79. The maximum Gasteiger partial charge on any atom is 0.290 e. The summed E-state index contributed by atoms with van der Waals surface area (Å²) in [6.07, 6.45) is 0. The number of thiazole rings is 1. The Labute approximate surface area is 193 Å².